The number of thiazole rings is 1. The Balaban J connectivity index is 1.40. The fraction of sp³-hybridized carbons (Fsp3) is 0.286. The third-order valence-corrected chi connectivity index (χ3v) is 12.1. The van der Waals surface area contributed by atoms with Crippen LogP contribution in [0.5, 0.6) is 0 Å². The van der Waals surface area contributed by atoms with Gasteiger partial charge in [0.2, 0.25) is 5.52 Å². The van der Waals surface area contributed by atoms with Crippen LogP contribution in [0.4, 0.5) is 5.69 Å². The number of hydrogen-bond acceptors (Lipinski definition) is 7. The van der Waals surface area contributed by atoms with Crippen LogP contribution < -0.4 is 9.47 Å². The summed E-state index contributed by atoms with van der Waals surface area (Å²) < 4.78 is 67.6. The van der Waals surface area contributed by atoms with Gasteiger partial charge in [-0.25, -0.2) is 0 Å². The van der Waals surface area contributed by atoms with Crippen LogP contribution in [0.15, 0.2) is 94.4 Å². The van der Waals surface area contributed by atoms with Crippen molar-refractivity contribution in [2.75, 3.05) is 23.0 Å². The molecule has 8 nitrogen and oxygen atoms in total. The lowest BCUT2D eigenvalue weighted by Gasteiger charge is -2.22. The molecule has 4 aromatic carbocycles. The van der Waals surface area contributed by atoms with Gasteiger partial charge in [0, 0.05) is 29.3 Å². The molecule has 5 aromatic rings. The normalized spacial score (nSPS) is 15.0. The lowest BCUT2D eigenvalue weighted by Crippen LogP contribution is -2.35. The van der Waals surface area contributed by atoms with Gasteiger partial charge in [-0.05, 0) is 66.3 Å². The number of anilines is 1. The van der Waals surface area contributed by atoms with Gasteiger partial charge in [-0.1, -0.05) is 84.6 Å². The number of allylic oxidation sites excluding steroid dienone is 2. The highest BCUT2D eigenvalue weighted by Gasteiger charge is 2.28. The summed E-state index contributed by atoms with van der Waals surface area (Å²) in [5.41, 5.74) is 3.35. The van der Waals surface area contributed by atoms with Crippen LogP contribution in [0.3, 0.4) is 0 Å². The Morgan fingerprint density at radius 3 is 2.15 bits per heavy atom. The first-order valence-electron chi connectivity index (χ1n) is 15.6. The van der Waals surface area contributed by atoms with E-state index >= 15 is 0 Å². The van der Waals surface area contributed by atoms with Gasteiger partial charge in [-0.15, -0.1) is 0 Å². The van der Waals surface area contributed by atoms with E-state index in [1.807, 2.05) is 24.3 Å². The Hall–Kier alpha value is -3.26. The van der Waals surface area contributed by atoms with Crippen LogP contribution >= 0.6 is 23.1 Å². The predicted octanol–water partition coefficient (Wildman–Crippen LogP) is 8.08. The summed E-state index contributed by atoms with van der Waals surface area (Å²) in [6.07, 6.45) is 7.11. The second kappa shape index (κ2) is 14.1. The lowest BCUT2D eigenvalue weighted by molar-refractivity contribution is -0.668. The molecule has 0 atom stereocenters. The van der Waals surface area contributed by atoms with Crippen molar-refractivity contribution in [2.24, 2.45) is 0 Å². The van der Waals surface area contributed by atoms with Crippen molar-refractivity contribution in [2.45, 2.75) is 50.5 Å². The summed E-state index contributed by atoms with van der Waals surface area (Å²) in [5, 5.41) is 6.66. The number of fused-ring (bicyclic) bond motifs is 6. The minimum Gasteiger partial charge on any atom is -0.335 e. The zero-order chi connectivity index (χ0) is 33.2. The maximum atomic E-state index is 11.4. The summed E-state index contributed by atoms with van der Waals surface area (Å²) in [5.74, 6) is -0.527. The Kier molecular flexibility index (Phi) is 10.1. The maximum Gasteiger partial charge on any atom is 0.264 e. The second-order valence-electron chi connectivity index (χ2n) is 11.7. The lowest BCUT2D eigenvalue weighted by atomic mass is 10.1. The standard InChI is InChI=1S/C35H36N2O6S4/c1-2-25(23-32-36(19-7-9-21-46(38,39)40)34-28-13-5-3-11-26(28)15-17-30(34)44-32)24-33-37(20-8-10-22-47(41,42)43)35-29-14-6-4-12-27(29)16-18-31(35)45-33/h3-6,11-18,23-24H,2,7-10,19-22H2,1H3,(H-,38,39,40,41,42,43)/p+1. The molecule has 0 saturated carbocycles. The molecule has 1 aromatic heterocycles. The maximum absolute atomic E-state index is 11.4. The third kappa shape index (κ3) is 7.90. The van der Waals surface area contributed by atoms with Crippen LogP contribution in [0.2, 0.25) is 0 Å². The van der Waals surface area contributed by atoms with Crippen LogP contribution in [-0.2, 0) is 26.8 Å². The van der Waals surface area contributed by atoms with Crippen LogP contribution in [0.25, 0.3) is 37.8 Å². The van der Waals surface area contributed by atoms with E-state index in [1.165, 1.54) is 0 Å². The number of rotatable bonds is 13. The highest BCUT2D eigenvalue weighted by Crippen LogP contribution is 2.50. The SMILES string of the molecule is CCC(=Cc1sc2ccc3ccccc3c2[n+]1CCCCS(=O)(=O)O)C=C1Sc2ccc3ccccc3c2N1CCCCS(=O)(=O)O. The molecular formula is C35H37N2O6S4+. The second-order valence-corrected chi connectivity index (χ2v) is 16.9. The molecule has 12 heteroatoms. The van der Waals surface area contributed by atoms with Crippen molar-refractivity contribution >= 4 is 86.9 Å². The quantitative estimate of drug-likeness (QED) is 0.0717. The molecule has 47 heavy (non-hydrogen) atoms. The predicted molar refractivity (Wildman–Crippen MR) is 194 cm³/mol. The van der Waals surface area contributed by atoms with Crippen molar-refractivity contribution in [3.63, 3.8) is 0 Å². The minimum atomic E-state index is -4.02. The molecule has 6 rings (SSSR count). The van der Waals surface area contributed by atoms with Crippen LogP contribution in [0.1, 0.15) is 44.0 Å². The summed E-state index contributed by atoms with van der Waals surface area (Å²) in [6.45, 7) is 3.34. The molecule has 1 aliphatic rings. The summed E-state index contributed by atoms with van der Waals surface area (Å²) in [4.78, 5) is 3.42. The summed E-state index contributed by atoms with van der Waals surface area (Å²) >= 11 is 3.40. The van der Waals surface area contributed by atoms with Crippen molar-refractivity contribution in [3.05, 3.63) is 94.5 Å². The van der Waals surface area contributed by atoms with Gasteiger partial charge in [0.1, 0.15) is 4.70 Å². The first-order valence-corrected chi connectivity index (χ1v) is 20.5. The van der Waals surface area contributed by atoms with Gasteiger partial charge in [0.15, 0.2) is 6.54 Å². The average Bonchev–Trinajstić information content (AvgIpc) is 3.57. The smallest absolute Gasteiger partial charge is 0.264 e. The van der Waals surface area contributed by atoms with Crippen LogP contribution in [-0.4, -0.2) is 44.0 Å². The highest BCUT2D eigenvalue weighted by atomic mass is 32.2. The fourth-order valence-corrected chi connectivity index (χ4v) is 9.58. The van der Waals surface area contributed by atoms with E-state index < -0.39 is 20.2 Å². The van der Waals surface area contributed by atoms with Gasteiger partial charge in [0.25, 0.3) is 25.2 Å². The van der Waals surface area contributed by atoms with E-state index in [1.54, 1.807) is 23.1 Å². The number of hydrogen-bond donors (Lipinski definition) is 2. The monoisotopic (exact) mass is 709 g/mol. The number of aryl methyl sites for hydroxylation is 1. The molecule has 0 saturated heterocycles. The van der Waals surface area contributed by atoms with E-state index in [4.69, 9.17) is 0 Å². The molecule has 0 radical (unpaired) electrons. The molecule has 0 aliphatic carbocycles. The number of aromatic nitrogens is 1. The van der Waals surface area contributed by atoms with Crippen molar-refractivity contribution in [1.29, 1.82) is 0 Å². The Bertz CT molecular complexity index is 2240. The largest absolute Gasteiger partial charge is 0.335 e. The highest BCUT2D eigenvalue weighted by molar-refractivity contribution is 8.03. The summed E-state index contributed by atoms with van der Waals surface area (Å²) in [7, 11) is -8.04. The van der Waals surface area contributed by atoms with Gasteiger partial charge in [0.05, 0.1) is 27.6 Å². The molecule has 0 bridgehead atoms. The molecule has 246 valence electrons. The van der Waals surface area contributed by atoms with E-state index in [0.29, 0.717) is 38.8 Å². The fourth-order valence-electron chi connectivity index (χ4n) is 6.08. The molecule has 0 unspecified atom stereocenters. The number of nitrogens with zero attached hydrogens (tertiary/aromatic N) is 2. The van der Waals surface area contributed by atoms with E-state index in [2.05, 4.69) is 77.1 Å². The van der Waals surface area contributed by atoms with Crippen molar-refractivity contribution in [3.8, 4) is 0 Å². The molecule has 2 N–H and O–H groups in total. The molecule has 1 aliphatic heterocycles. The minimum absolute atomic E-state index is 0.264. The molecule has 0 amide bonds. The number of benzene rings is 4. The number of unbranched alkanes of at least 4 members (excludes halogenated alkanes) is 2. The average molecular weight is 710 g/mol. The zero-order valence-corrected chi connectivity index (χ0v) is 29.3. The van der Waals surface area contributed by atoms with E-state index in [9.17, 15) is 25.9 Å². The zero-order valence-electron chi connectivity index (χ0n) is 26.0. The van der Waals surface area contributed by atoms with Gasteiger partial charge >= 0.3 is 0 Å². The van der Waals surface area contributed by atoms with Gasteiger partial charge in [-0.2, -0.15) is 21.4 Å². The Morgan fingerprint density at radius 2 is 1.45 bits per heavy atom. The van der Waals surface area contributed by atoms with Crippen molar-refractivity contribution < 1.29 is 30.5 Å². The van der Waals surface area contributed by atoms with E-state index in [-0.39, 0.29) is 11.5 Å². The van der Waals surface area contributed by atoms with Gasteiger partial charge in [-0.3, -0.25) is 9.11 Å². The van der Waals surface area contributed by atoms with Crippen molar-refractivity contribution in [1.82, 2.24) is 0 Å². The molecule has 2 heterocycles. The number of thioether (sulfide) groups is 1. The Labute approximate surface area is 283 Å². The Morgan fingerprint density at radius 1 is 0.809 bits per heavy atom. The molecular weight excluding hydrogens is 673 g/mol. The summed E-state index contributed by atoms with van der Waals surface area (Å²) in [6, 6.07) is 25.1. The third-order valence-electron chi connectivity index (χ3n) is 8.32. The van der Waals surface area contributed by atoms with Crippen LogP contribution in [0, 0.1) is 0 Å². The first kappa shape index (κ1) is 33.6. The van der Waals surface area contributed by atoms with Gasteiger partial charge < -0.3 is 4.90 Å². The first-order chi connectivity index (χ1) is 22.5. The van der Waals surface area contributed by atoms with E-state index in [0.717, 1.165) is 64.4 Å². The molecule has 0 spiro atoms. The topological polar surface area (TPSA) is 116 Å². The molecule has 0 fully saturated rings.